The van der Waals surface area contributed by atoms with Gasteiger partial charge in [-0.25, -0.2) is 19.9 Å². The number of carbonyl (C=O) groups excluding carboxylic acids is 1. The Morgan fingerprint density at radius 1 is 1.12 bits per heavy atom. The summed E-state index contributed by atoms with van der Waals surface area (Å²) in [5, 5.41) is 12.2. The maximum absolute atomic E-state index is 12.4. The molecule has 1 amide bonds. The Morgan fingerprint density at radius 3 is 2.46 bits per heavy atom. The third kappa shape index (κ3) is 4.24. The first-order chi connectivity index (χ1) is 11.7. The van der Waals surface area contributed by atoms with Crippen LogP contribution in [0.3, 0.4) is 0 Å². The molecule has 0 spiro atoms. The quantitative estimate of drug-likeness (QED) is 0.874. The summed E-state index contributed by atoms with van der Waals surface area (Å²) in [6, 6.07) is 1.49. The fraction of sp³-hybridized carbons (Fsp3) is 0.471. The van der Waals surface area contributed by atoms with Crippen LogP contribution < -0.4 is 5.32 Å². The lowest BCUT2D eigenvalue weighted by Crippen LogP contribution is -2.32. The van der Waals surface area contributed by atoms with Gasteiger partial charge in [0.25, 0.3) is 5.91 Å². The molecule has 0 radical (unpaired) electrons. The predicted molar refractivity (Wildman–Crippen MR) is 87.1 cm³/mol. The van der Waals surface area contributed by atoms with E-state index in [0.717, 1.165) is 6.42 Å². The summed E-state index contributed by atoms with van der Waals surface area (Å²) < 4.78 is 0. The number of carbonyl (C=O) groups is 1. The van der Waals surface area contributed by atoms with Crippen molar-refractivity contribution < 1.29 is 9.90 Å². The first-order valence-electron chi connectivity index (χ1n) is 8.31. The van der Waals surface area contributed by atoms with Gasteiger partial charge in [0.1, 0.15) is 5.82 Å². The van der Waals surface area contributed by atoms with Gasteiger partial charge in [-0.1, -0.05) is 32.1 Å². The Bertz CT molecular complexity index is 656. The molecule has 126 valence electrons. The highest BCUT2D eigenvalue weighted by atomic mass is 16.3. The molecule has 7 nitrogen and oxygen atoms in total. The van der Waals surface area contributed by atoms with Gasteiger partial charge in [0.2, 0.25) is 5.82 Å². The molecule has 1 aliphatic carbocycles. The van der Waals surface area contributed by atoms with E-state index in [-0.39, 0.29) is 23.5 Å². The standard InChI is InChI=1S/C17H21N5O2/c23-13-10-20-16(21-11-13)17(24)22-14(15-18-7-4-8-19-15)9-12-5-2-1-3-6-12/h4,7-8,10-12,14,23H,1-3,5-6,9H2,(H,22,24). The van der Waals surface area contributed by atoms with Gasteiger partial charge >= 0.3 is 0 Å². The van der Waals surface area contributed by atoms with Crippen molar-refractivity contribution in [3.05, 3.63) is 42.5 Å². The van der Waals surface area contributed by atoms with E-state index in [2.05, 4.69) is 25.3 Å². The number of hydrogen-bond acceptors (Lipinski definition) is 6. The van der Waals surface area contributed by atoms with Gasteiger partial charge in [-0.05, 0) is 18.4 Å². The highest BCUT2D eigenvalue weighted by Crippen LogP contribution is 2.31. The van der Waals surface area contributed by atoms with E-state index in [1.807, 2.05) is 0 Å². The third-order valence-electron chi connectivity index (χ3n) is 4.34. The number of aromatic nitrogens is 4. The summed E-state index contributed by atoms with van der Waals surface area (Å²) in [6.45, 7) is 0. The monoisotopic (exact) mass is 327 g/mol. The molecular formula is C17H21N5O2. The minimum absolute atomic E-state index is 0.0253. The number of rotatable bonds is 5. The molecule has 2 aromatic rings. The zero-order chi connectivity index (χ0) is 16.8. The number of nitrogens with zero attached hydrogens (tertiary/aromatic N) is 4. The smallest absolute Gasteiger partial charge is 0.289 e. The van der Waals surface area contributed by atoms with Crippen LogP contribution in [-0.2, 0) is 0 Å². The zero-order valence-corrected chi connectivity index (χ0v) is 13.4. The topological polar surface area (TPSA) is 101 Å². The Balaban J connectivity index is 1.73. The Labute approximate surface area is 140 Å². The van der Waals surface area contributed by atoms with Gasteiger partial charge in [0.05, 0.1) is 18.4 Å². The second-order valence-electron chi connectivity index (χ2n) is 6.14. The third-order valence-corrected chi connectivity index (χ3v) is 4.34. The van der Waals surface area contributed by atoms with Crippen LogP contribution in [0, 0.1) is 5.92 Å². The minimum Gasteiger partial charge on any atom is -0.505 e. The maximum atomic E-state index is 12.4. The Hall–Kier alpha value is -2.57. The largest absolute Gasteiger partial charge is 0.505 e. The molecule has 3 rings (SSSR count). The molecule has 2 aromatic heterocycles. The van der Waals surface area contributed by atoms with Crippen LogP contribution in [0.5, 0.6) is 5.75 Å². The molecule has 2 heterocycles. The van der Waals surface area contributed by atoms with Gasteiger partial charge in [-0.2, -0.15) is 0 Å². The lowest BCUT2D eigenvalue weighted by Gasteiger charge is -2.26. The van der Waals surface area contributed by atoms with Crippen molar-refractivity contribution in [1.29, 1.82) is 0 Å². The van der Waals surface area contributed by atoms with Crippen molar-refractivity contribution in [1.82, 2.24) is 25.3 Å². The molecular weight excluding hydrogens is 306 g/mol. The van der Waals surface area contributed by atoms with Gasteiger partial charge in [0, 0.05) is 12.4 Å². The highest BCUT2D eigenvalue weighted by Gasteiger charge is 2.24. The van der Waals surface area contributed by atoms with Crippen LogP contribution in [0.25, 0.3) is 0 Å². The van der Waals surface area contributed by atoms with Crippen molar-refractivity contribution in [2.45, 2.75) is 44.6 Å². The average molecular weight is 327 g/mol. The summed E-state index contributed by atoms with van der Waals surface area (Å²) in [5.74, 6) is 0.737. The first kappa shape index (κ1) is 16.3. The van der Waals surface area contributed by atoms with Gasteiger partial charge in [0.15, 0.2) is 5.75 Å². The van der Waals surface area contributed by atoms with Crippen LogP contribution in [0.1, 0.15) is 61.0 Å². The summed E-state index contributed by atoms with van der Waals surface area (Å²) in [5.41, 5.74) is 0. The second-order valence-corrected chi connectivity index (χ2v) is 6.14. The van der Waals surface area contributed by atoms with E-state index < -0.39 is 0 Å². The minimum atomic E-state index is -0.386. The summed E-state index contributed by atoms with van der Waals surface area (Å²) in [4.78, 5) is 28.7. The number of aromatic hydroxyl groups is 1. The fourth-order valence-corrected chi connectivity index (χ4v) is 3.14. The lowest BCUT2D eigenvalue weighted by molar-refractivity contribution is 0.0915. The maximum Gasteiger partial charge on any atom is 0.289 e. The molecule has 1 saturated carbocycles. The van der Waals surface area contributed by atoms with E-state index >= 15 is 0 Å². The molecule has 1 unspecified atom stereocenters. The molecule has 0 bridgehead atoms. The molecule has 1 fully saturated rings. The lowest BCUT2D eigenvalue weighted by atomic mass is 9.84. The molecule has 2 N–H and O–H groups in total. The highest BCUT2D eigenvalue weighted by molar-refractivity contribution is 5.90. The van der Waals surface area contributed by atoms with Crippen molar-refractivity contribution in [2.75, 3.05) is 0 Å². The van der Waals surface area contributed by atoms with E-state index in [9.17, 15) is 9.90 Å². The van der Waals surface area contributed by atoms with Crippen LogP contribution in [0.4, 0.5) is 0 Å². The van der Waals surface area contributed by atoms with Crippen molar-refractivity contribution in [2.24, 2.45) is 5.92 Å². The molecule has 0 aromatic carbocycles. The van der Waals surface area contributed by atoms with Gasteiger partial charge in [-0.15, -0.1) is 0 Å². The average Bonchev–Trinajstić information content (AvgIpc) is 2.63. The Kier molecular flexibility index (Phi) is 5.30. The normalized spacial score (nSPS) is 16.5. The van der Waals surface area contributed by atoms with Crippen LogP contribution in [0.2, 0.25) is 0 Å². The summed E-state index contributed by atoms with van der Waals surface area (Å²) in [7, 11) is 0. The van der Waals surface area contributed by atoms with Gasteiger partial charge < -0.3 is 10.4 Å². The molecule has 24 heavy (non-hydrogen) atoms. The first-order valence-corrected chi connectivity index (χ1v) is 8.31. The summed E-state index contributed by atoms with van der Waals surface area (Å²) >= 11 is 0. The van der Waals surface area contributed by atoms with E-state index in [0.29, 0.717) is 11.7 Å². The van der Waals surface area contributed by atoms with E-state index in [4.69, 9.17) is 0 Å². The van der Waals surface area contributed by atoms with Crippen LogP contribution in [0.15, 0.2) is 30.9 Å². The van der Waals surface area contributed by atoms with Crippen LogP contribution in [-0.4, -0.2) is 30.9 Å². The molecule has 1 aliphatic rings. The van der Waals surface area contributed by atoms with E-state index in [1.165, 1.54) is 44.5 Å². The van der Waals surface area contributed by atoms with E-state index in [1.54, 1.807) is 18.5 Å². The number of nitrogens with one attached hydrogen (secondary N) is 1. The fourth-order valence-electron chi connectivity index (χ4n) is 3.14. The number of hydrogen-bond donors (Lipinski definition) is 2. The van der Waals surface area contributed by atoms with Crippen molar-refractivity contribution in [3.8, 4) is 5.75 Å². The molecule has 0 aliphatic heterocycles. The summed E-state index contributed by atoms with van der Waals surface area (Å²) in [6.07, 6.45) is 12.7. The second kappa shape index (κ2) is 7.81. The Morgan fingerprint density at radius 2 is 1.79 bits per heavy atom. The number of amides is 1. The van der Waals surface area contributed by atoms with Crippen molar-refractivity contribution >= 4 is 5.91 Å². The van der Waals surface area contributed by atoms with Gasteiger partial charge in [-0.3, -0.25) is 4.79 Å². The van der Waals surface area contributed by atoms with Crippen molar-refractivity contribution in [3.63, 3.8) is 0 Å². The zero-order valence-electron chi connectivity index (χ0n) is 13.4. The molecule has 0 saturated heterocycles. The molecule has 7 heteroatoms. The molecule has 1 atom stereocenters. The SMILES string of the molecule is O=C(NC(CC1CCCCC1)c1ncccn1)c1ncc(O)cn1. The van der Waals surface area contributed by atoms with Crippen LogP contribution >= 0.6 is 0 Å². The predicted octanol–water partition coefficient (Wildman–Crippen LogP) is 2.41.